The molecule has 0 saturated heterocycles. The number of carbonyl (C=O) groups is 1. The number of nitrogens with zero attached hydrogens (tertiary/aromatic N) is 2. The van der Waals surface area contributed by atoms with Crippen LogP contribution in [0.4, 0.5) is 5.69 Å². The number of nitrogens with one attached hydrogen (secondary N) is 1. The molecule has 1 aromatic heterocycles. The number of para-hydroxylation sites is 1. The molecule has 0 saturated carbocycles. The molecule has 0 amide bonds. The summed E-state index contributed by atoms with van der Waals surface area (Å²) >= 11 is 0. The Morgan fingerprint density at radius 3 is 2.45 bits per heavy atom. The number of benzene rings is 2. The van der Waals surface area contributed by atoms with Crippen LogP contribution < -0.4 is 10.2 Å². The fourth-order valence-electron chi connectivity index (χ4n) is 4.06. The van der Waals surface area contributed by atoms with Crippen molar-refractivity contribution in [1.29, 1.82) is 0 Å². The Morgan fingerprint density at radius 1 is 1.00 bits per heavy atom. The zero-order chi connectivity index (χ0) is 18.8. The Morgan fingerprint density at radius 2 is 1.72 bits per heavy atom. The Hall–Kier alpha value is -2.01. The van der Waals surface area contributed by atoms with E-state index in [2.05, 4.69) is 66.8 Å². The van der Waals surface area contributed by atoms with Gasteiger partial charge in [0, 0.05) is 43.8 Å². The van der Waals surface area contributed by atoms with Crippen LogP contribution in [0.5, 0.6) is 0 Å². The zero-order valence-corrected chi connectivity index (χ0v) is 18.6. The van der Waals surface area contributed by atoms with Gasteiger partial charge in [-0.3, -0.25) is 9.36 Å². The number of hydrogen-bond acceptors (Lipinski definition) is 3. The summed E-state index contributed by atoms with van der Waals surface area (Å²) in [7, 11) is 4.11. The highest BCUT2D eigenvalue weighted by atomic mass is 35.5. The van der Waals surface area contributed by atoms with Crippen LogP contribution in [-0.4, -0.2) is 31.1 Å². The quantitative estimate of drug-likeness (QED) is 0.563. The van der Waals surface area contributed by atoms with Crippen molar-refractivity contribution >= 4 is 47.3 Å². The molecule has 0 radical (unpaired) electrons. The number of carbonyl (C=O) groups excluding carboxylic acids is 1. The van der Waals surface area contributed by atoms with Crippen molar-refractivity contribution in [2.75, 3.05) is 25.5 Å². The van der Waals surface area contributed by atoms with Crippen molar-refractivity contribution in [2.24, 2.45) is 0 Å². The van der Waals surface area contributed by atoms with Crippen molar-refractivity contribution < 1.29 is 4.79 Å². The standard InChI is InChI=1S/C23H27N3O.2ClH/c1-25(2)18-12-10-17(11-13-18)16-24-15-14-20-19-6-3-4-7-21(19)26-22(20)8-5-9-23(26)27;;/h3-4,6-7,10-13,24H,5,8-9,14-16H2,1-2H3;2*1H. The van der Waals surface area contributed by atoms with Crippen LogP contribution >= 0.6 is 24.8 Å². The van der Waals surface area contributed by atoms with E-state index in [4.69, 9.17) is 0 Å². The lowest BCUT2D eigenvalue weighted by Crippen LogP contribution is -2.21. The van der Waals surface area contributed by atoms with Gasteiger partial charge < -0.3 is 10.2 Å². The summed E-state index contributed by atoms with van der Waals surface area (Å²) in [6, 6.07) is 17.0. The lowest BCUT2D eigenvalue weighted by molar-refractivity contribution is 0.0889. The summed E-state index contributed by atoms with van der Waals surface area (Å²) in [6.45, 7) is 1.77. The third-order valence-electron chi connectivity index (χ3n) is 5.48. The van der Waals surface area contributed by atoms with E-state index in [1.807, 2.05) is 10.6 Å². The molecule has 29 heavy (non-hydrogen) atoms. The predicted octanol–water partition coefficient (Wildman–Crippen LogP) is 4.86. The maximum Gasteiger partial charge on any atom is 0.231 e. The van der Waals surface area contributed by atoms with Crippen LogP contribution in [0.25, 0.3) is 10.9 Å². The molecule has 4 nitrogen and oxygen atoms in total. The number of aromatic nitrogens is 1. The molecule has 156 valence electrons. The van der Waals surface area contributed by atoms with Gasteiger partial charge >= 0.3 is 0 Å². The third kappa shape index (κ3) is 4.77. The van der Waals surface area contributed by atoms with Gasteiger partial charge in [-0.1, -0.05) is 30.3 Å². The SMILES string of the molecule is CN(C)c1ccc(CNCCc2c3n(c4ccccc24)C(=O)CCC3)cc1.Cl.Cl. The molecule has 6 heteroatoms. The topological polar surface area (TPSA) is 37.3 Å². The van der Waals surface area contributed by atoms with Crippen LogP contribution in [0.1, 0.15) is 34.5 Å². The highest BCUT2D eigenvalue weighted by molar-refractivity contribution is 5.96. The Balaban J connectivity index is 0.00000150. The van der Waals surface area contributed by atoms with Gasteiger partial charge in [0.1, 0.15) is 0 Å². The first-order valence-corrected chi connectivity index (χ1v) is 9.76. The van der Waals surface area contributed by atoms with E-state index in [0.717, 1.165) is 37.9 Å². The summed E-state index contributed by atoms with van der Waals surface area (Å²) in [5.41, 5.74) is 6.15. The molecule has 0 unspecified atom stereocenters. The van der Waals surface area contributed by atoms with Gasteiger partial charge in [-0.15, -0.1) is 24.8 Å². The fraction of sp³-hybridized carbons (Fsp3) is 0.348. The van der Waals surface area contributed by atoms with Crippen LogP contribution in [0.15, 0.2) is 48.5 Å². The molecule has 1 aliphatic rings. The van der Waals surface area contributed by atoms with E-state index >= 15 is 0 Å². The highest BCUT2D eigenvalue weighted by Gasteiger charge is 2.23. The monoisotopic (exact) mass is 433 g/mol. The molecule has 0 atom stereocenters. The maximum absolute atomic E-state index is 12.4. The second-order valence-electron chi connectivity index (χ2n) is 7.51. The van der Waals surface area contributed by atoms with Crippen molar-refractivity contribution in [3.8, 4) is 0 Å². The van der Waals surface area contributed by atoms with E-state index in [1.54, 1.807) is 0 Å². The second-order valence-corrected chi connectivity index (χ2v) is 7.51. The minimum Gasteiger partial charge on any atom is -0.378 e. The summed E-state index contributed by atoms with van der Waals surface area (Å²) in [6.07, 6.45) is 3.58. The van der Waals surface area contributed by atoms with Crippen molar-refractivity contribution in [2.45, 2.75) is 32.2 Å². The molecule has 0 fully saturated rings. The molecule has 3 aromatic rings. The van der Waals surface area contributed by atoms with Crippen molar-refractivity contribution in [3.63, 3.8) is 0 Å². The van der Waals surface area contributed by atoms with Crippen LogP contribution in [-0.2, 0) is 19.4 Å². The van der Waals surface area contributed by atoms with Crippen LogP contribution in [0.2, 0.25) is 0 Å². The van der Waals surface area contributed by atoms with Gasteiger partial charge in [0.25, 0.3) is 0 Å². The summed E-state index contributed by atoms with van der Waals surface area (Å²) in [5.74, 6) is 0.243. The van der Waals surface area contributed by atoms with Gasteiger partial charge in [-0.05, 0) is 55.1 Å². The molecule has 1 N–H and O–H groups in total. The molecule has 1 aliphatic heterocycles. The molecular weight excluding hydrogens is 405 g/mol. The Kier molecular flexibility index (Phi) is 8.14. The molecule has 0 aliphatic carbocycles. The first-order chi connectivity index (χ1) is 13.1. The van der Waals surface area contributed by atoms with E-state index in [9.17, 15) is 4.79 Å². The summed E-state index contributed by atoms with van der Waals surface area (Å²) in [5, 5.41) is 4.80. The fourth-order valence-corrected chi connectivity index (χ4v) is 4.06. The molecule has 2 heterocycles. The first-order valence-electron chi connectivity index (χ1n) is 9.76. The van der Waals surface area contributed by atoms with Gasteiger partial charge in [-0.25, -0.2) is 0 Å². The zero-order valence-electron chi connectivity index (χ0n) is 17.0. The van der Waals surface area contributed by atoms with Crippen LogP contribution in [0.3, 0.4) is 0 Å². The van der Waals surface area contributed by atoms with Crippen molar-refractivity contribution in [1.82, 2.24) is 9.88 Å². The smallest absolute Gasteiger partial charge is 0.231 e. The average molecular weight is 434 g/mol. The second kappa shape index (κ2) is 10.1. The van der Waals surface area contributed by atoms with E-state index < -0.39 is 0 Å². The summed E-state index contributed by atoms with van der Waals surface area (Å²) in [4.78, 5) is 14.6. The number of halogens is 2. The minimum atomic E-state index is 0. The van der Waals surface area contributed by atoms with Gasteiger partial charge in [0.2, 0.25) is 5.91 Å². The maximum atomic E-state index is 12.4. The van der Waals surface area contributed by atoms with Gasteiger partial charge in [-0.2, -0.15) is 0 Å². The number of fused-ring (bicyclic) bond motifs is 3. The Labute approximate surface area is 185 Å². The minimum absolute atomic E-state index is 0. The molecular formula is C23H29Cl2N3O. The normalized spacial score (nSPS) is 12.8. The lowest BCUT2D eigenvalue weighted by atomic mass is 10.0. The number of hydrogen-bond donors (Lipinski definition) is 1. The molecule has 0 bridgehead atoms. The van der Waals surface area contributed by atoms with Gasteiger partial charge in [0.15, 0.2) is 0 Å². The average Bonchev–Trinajstić information content (AvgIpc) is 3.01. The lowest BCUT2D eigenvalue weighted by Gasteiger charge is -2.16. The third-order valence-corrected chi connectivity index (χ3v) is 5.48. The summed E-state index contributed by atoms with van der Waals surface area (Å²) < 4.78 is 1.97. The number of rotatable bonds is 6. The van der Waals surface area contributed by atoms with E-state index in [-0.39, 0.29) is 30.7 Å². The number of anilines is 1. The first kappa shape index (κ1) is 23.3. The van der Waals surface area contributed by atoms with Crippen molar-refractivity contribution in [3.05, 3.63) is 65.4 Å². The highest BCUT2D eigenvalue weighted by Crippen LogP contribution is 2.30. The van der Waals surface area contributed by atoms with E-state index in [1.165, 1.54) is 27.9 Å². The largest absolute Gasteiger partial charge is 0.378 e. The molecule has 4 rings (SSSR count). The predicted molar refractivity (Wildman–Crippen MR) is 126 cm³/mol. The van der Waals surface area contributed by atoms with E-state index in [0.29, 0.717) is 6.42 Å². The Bertz CT molecular complexity index is 964. The van der Waals surface area contributed by atoms with Crippen LogP contribution in [0, 0.1) is 0 Å². The van der Waals surface area contributed by atoms with Gasteiger partial charge in [0.05, 0.1) is 5.52 Å². The molecule has 0 spiro atoms. The molecule has 2 aromatic carbocycles.